The van der Waals surface area contributed by atoms with Crippen LogP contribution in [-0.4, -0.2) is 24.5 Å². The Morgan fingerprint density at radius 2 is 2.24 bits per heavy atom. The molecule has 0 aliphatic heterocycles. The van der Waals surface area contributed by atoms with Gasteiger partial charge in [0.1, 0.15) is 0 Å². The zero-order valence-electron chi connectivity index (χ0n) is 9.43. The summed E-state index contributed by atoms with van der Waals surface area (Å²) in [6.07, 6.45) is 0. The normalized spacial score (nSPS) is 9.76. The van der Waals surface area contributed by atoms with Crippen LogP contribution in [0.2, 0.25) is 0 Å². The molecule has 0 aliphatic carbocycles. The standard InChI is InChI=1S/C10H12N2O5/c1-3-17-11-10(13)7-5-4-6-8(12(14)15)9(7)16-2/h4-6H,3H2,1-2H3,(H,11,13). The van der Waals surface area contributed by atoms with Crippen molar-refractivity contribution in [3.05, 3.63) is 33.9 Å². The lowest BCUT2D eigenvalue weighted by Crippen LogP contribution is -2.24. The van der Waals surface area contributed by atoms with Crippen molar-refractivity contribution in [3.63, 3.8) is 0 Å². The molecule has 1 amide bonds. The number of amides is 1. The van der Waals surface area contributed by atoms with E-state index in [1.165, 1.54) is 25.3 Å². The van der Waals surface area contributed by atoms with Gasteiger partial charge in [0.2, 0.25) is 5.75 Å². The van der Waals surface area contributed by atoms with Crippen molar-refractivity contribution < 1.29 is 19.3 Å². The van der Waals surface area contributed by atoms with Gasteiger partial charge in [0.15, 0.2) is 0 Å². The van der Waals surface area contributed by atoms with Crippen LogP contribution in [0.3, 0.4) is 0 Å². The Bertz CT molecular complexity index is 433. The number of carbonyl (C=O) groups excluding carboxylic acids is 1. The molecule has 7 heteroatoms. The molecule has 92 valence electrons. The Kier molecular flexibility index (Phi) is 4.41. The van der Waals surface area contributed by atoms with Gasteiger partial charge in [-0.05, 0) is 13.0 Å². The smallest absolute Gasteiger partial charge is 0.311 e. The summed E-state index contributed by atoms with van der Waals surface area (Å²) in [5, 5.41) is 10.7. The van der Waals surface area contributed by atoms with Gasteiger partial charge in [-0.25, -0.2) is 5.48 Å². The number of carbonyl (C=O) groups is 1. The van der Waals surface area contributed by atoms with E-state index < -0.39 is 10.8 Å². The highest BCUT2D eigenvalue weighted by molar-refractivity contribution is 5.97. The number of methoxy groups -OCH3 is 1. The highest BCUT2D eigenvalue weighted by Gasteiger charge is 2.22. The van der Waals surface area contributed by atoms with Crippen molar-refractivity contribution in [2.24, 2.45) is 0 Å². The number of ether oxygens (including phenoxy) is 1. The lowest BCUT2D eigenvalue weighted by atomic mass is 10.1. The molecule has 0 bridgehead atoms. The van der Waals surface area contributed by atoms with Crippen LogP contribution in [0.5, 0.6) is 5.75 Å². The molecular formula is C10H12N2O5. The molecule has 0 aliphatic rings. The molecule has 1 N–H and O–H groups in total. The summed E-state index contributed by atoms with van der Waals surface area (Å²) in [6, 6.07) is 4.08. The molecule has 0 heterocycles. The van der Waals surface area contributed by atoms with Crippen LogP contribution >= 0.6 is 0 Å². The summed E-state index contributed by atoms with van der Waals surface area (Å²) < 4.78 is 4.88. The molecule has 1 rings (SSSR count). The Labute approximate surface area is 97.4 Å². The van der Waals surface area contributed by atoms with Crippen molar-refractivity contribution >= 4 is 11.6 Å². The van der Waals surface area contributed by atoms with Gasteiger partial charge < -0.3 is 4.74 Å². The average molecular weight is 240 g/mol. The van der Waals surface area contributed by atoms with Crippen LogP contribution in [0.15, 0.2) is 18.2 Å². The molecule has 0 unspecified atom stereocenters. The van der Waals surface area contributed by atoms with Crippen molar-refractivity contribution in [1.29, 1.82) is 0 Å². The molecule has 0 spiro atoms. The molecule has 0 radical (unpaired) electrons. The van der Waals surface area contributed by atoms with Crippen LogP contribution in [0.4, 0.5) is 5.69 Å². The fourth-order valence-electron chi connectivity index (χ4n) is 1.25. The van der Waals surface area contributed by atoms with Crippen LogP contribution in [-0.2, 0) is 4.84 Å². The maximum Gasteiger partial charge on any atom is 0.311 e. The Balaban J connectivity index is 3.11. The summed E-state index contributed by atoms with van der Waals surface area (Å²) in [5.41, 5.74) is 1.93. The average Bonchev–Trinajstić information content (AvgIpc) is 2.34. The zero-order valence-corrected chi connectivity index (χ0v) is 9.43. The van der Waals surface area contributed by atoms with E-state index in [0.29, 0.717) is 6.61 Å². The minimum atomic E-state index is -0.615. The third kappa shape index (κ3) is 2.91. The van der Waals surface area contributed by atoms with Gasteiger partial charge in [-0.1, -0.05) is 6.07 Å². The van der Waals surface area contributed by atoms with E-state index in [1.54, 1.807) is 6.92 Å². The maximum absolute atomic E-state index is 11.6. The predicted molar refractivity (Wildman–Crippen MR) is 58.7 cm³/mol. The van der Waals surface area contributed by atoms with E-state index in [1.807, 2.05) is 0 Å². The minimum Gasteiger partial charge on any atom is -0.490 e. The highest BCUT2D eigenvalue weighted by atomic mass is 16.7. The van der Waals surface area contributed by atoms with Gasteiger partial charge in [-0.2, -0.15) is 0 Å². The zero-order chi connectivity index (χ0) is 12.8. The molecule has 0 fully saturated rings. The quantitative estimate of drug-likeness (QED) is 0.618. The molecule has 7 nitrogen and oxygen atoms in total. The lowest BCUT2D eigenvalue weighted by molar-refractivity contribution is -0.385. The van der Waals surface area contributed by atoms with Crippen LogP contribution in [0.1, 0.15) is 17.3 Å². The van der Waals surface area contributed by atoms with Gasteiger partial charge in [0.25, 0.3) is 5.91 Å². The molecule has 0 saturated carbocycles. The van der Waals surface area contributed by atoms with Crippen LogP contribution < -0.4 is 10.2 Å². The summed E-state index contributed by atoms with van der Waals surface area (Å²) in [7, 11) is 1.26. The van der Waals surface area contributed by atoms with E-state index in [2.05, 4.69) is 5.48 Å². The molecular weight excluding hydrogens is 228 g/mol. The second-order valence-electron chi connectivity index (χ2n) is 2.98. The topological polar surface area (TPSA) is 90.7 Å². The van der Waals surface area contributed by atoms with Crippen molar-refractivity contribution in [1.82, 2.24) is 5.48 Å². The Hall–Kier alpha value is -2.15. The van der Waals surface area contributed by atoms with E-state index in [9.17, 15) is 14.9 Å². The fraction of sp³-hybridized carbons (Fsp3) is 0.300. The first-order valence-electron chi connectivity index (χ1n) is 4.85. The van der Waals surface area contributed by atoms with Gasteiger partial charge in [-0.15, -0.1) is 0 Å². The third-order valence-electron chi connectivity index (χ3n) is 1.95. The van der Waals surface area contributed by atoms with Crippen molar-refractivity contribution in [2.75, 3.05) is 13.7 Å². The van der Waals surface area contributed by atoms with E-state index >= 15 is 0 Å². The first kappa shape index (κ1) is 12.9. The first-order valence-corrected chi connectivity index (χ1v) is 4.85. The van der Waals surface area contributed by atoms with Crippen molar-refractivity contribution in [3.8, 4) is 5.75 Å². The summed E-state index contributed by atoms with van der Waals surface area (Å²) in [5.74, 6) is -0.679. The van der Waals surface area contributed by atoms with E-state index in [-0.39, 0.29) is 17.0 Å². The van der Waals surface area contributed by atoms with Crippen LogP contribution in [0, 0.1) is 10.1 Å². The number of para-hydroxylation sites is 1. The van der Waals surface area contributed by atoms with Gasteiger partial charge >= 0.3 is 5.69 Å². The molecule has 0 saturated heterocycles. The number of hydrogen-bond acceptors (Lipinski definition) is 5. The van der Waals surface area contributed by atoms with Gasteiger partial charge in [-0.3, -0.25) is 19.7 Å². The third-order valence-corrected chi connectivity index (χ3v) is 1.95. The molecule has 1 aromatic carbocycles. The largest absolute Gasteiger partial charge is 0.490 e. The number of nitro benzene ring substituents is 1. The summed E-state index contributed by atoms with van der Waals surface area (Å²) in [6.45, 7) is 1.99. The second-order valence-corrected chi connectivity index (χ2v) is 2.98. The highest BCUT2D eigenvalue weighted by Crippen LogP contribution is 2.30. The number of nitro groups is 1. The van der Waals surface area contributed by atoms with Crippen molar-refractivity contribution in [2.45, 2.75) is 6.92 Å². The van der Waals surface area contributed by atoms with E-state index in [0.717, 1.165) is 0 Å². The monoisotopic (exact) mass is 240 g/mol. The van der Waals surface area contributed by atoms with E-state index in [4.69, 9.17) is 9.57 Å². The minimum absolute atomic E-state index is 0.0511. The van der Waals surface area contributed by atoms with Gasteiger partial charge in [0, 0.05) is 6.07 Å². The maximum atomic E-state index is 11.6. The molecule has 17 heavy (non-hydrogen) atoms. The SMILES string of the molecule is CCONC(=O)c1cccc([N+](=O)[O-])c1OC. The number of hydroxylamine groups is 1. The fourth-order valence-corrected chi connectivity index (χ4v) is 1.25. The van der Waals surface area contributed by atoms with Crippen LogP contribution in [0.25, 0.3) is 0 Å². The summed E-state index contributed by atoms with van der Waals surface area (Å²) >= 11 is 0. The number of rotatable bonds is 5. The Morgan fingerprint density at radius 3 is 2.76 bits per heavy atom. The molecule has 0 aromatic heterocycles. The summed E-state index contributed by atoms with van der Waals surface area (Å²) in [4.78, 5) is 26.5. The molecule has 1 aromatic rings. The Morgan fingerprint density at radius 1 is 1.53 bits per heavy atom. The number of hydrogen-bond donors (Lipinski definition) is 1. The lowest BCUT2D eigenvalue weighted by Gasteiger charge is -2.08. The molecule has 0 atom stereocenters. The number of nitrogens with one attached hydrogen (secondary N) is 1. The second kappa shape index (κ2) is 5.80. The predicted octanol–water partition coefficient (Wildman–Crippen LogP) is 1.28. The number of benzene rings is 1. The van der Waals surface area contributed by atoms with Gasteiger partial charge in [0.05, 0.1) is 24.2 Å². The number of nitrogens with zero attached hydrogens (tertiary/aromatic N) is 1. The first-order chi connectivity index (χ1) is 8.11.